The molecule has 1 aromatic rings. The molecule has 13 heavy (non-hydrogen) atoms. The van der Waals surface area contributed by atoms with E-state index in [4.69, 9.17) is 5.73 Å². The van der Waals surface area contributed by atoms with Crippen molar-refractivity contribution in [3.8, 4) is 0 Å². The fraction of sp³-hybridized carbons (Fsp3) is 0.500. The monoisotopic (exact) mass is 199 g/mol. The molecule has 0 aliphatic carbocycles. The highest BCUT2D eigenvalue weighted by atomic mass is 32.2. The number of Topliss-reactive ketones (excluding diaryl/α,β-unsaturated/α-hetero) is 1. The van der Waals surface area contributed by atoms with E-state index in [0.717, 1.165) is 11.4 Å². The maximum atomic E-state index is 11.5. The number of hydrogen-bond donors (Lipinski definition) is 2. The molecule has 0 spiro atoms. The minimum Gasteiger partial charge on any atom is -0.348 e. The fourth-order valence-electron chi connectivity index (χ4n) is 0.957. The predicted molar refractivity (Wildman–Crippen MR) is 54.0 cm³/mol. The van der Waals surface area contributed by atoms with Gasteiger partial charge in [-0.2, -0.15) is 11.8 Å². The van der Waals surface area contributed by atoms with E-state index in [9.17, 15) is 4.79 Å². The van der Waals surface area contributed by atoms with Gasteiger partial charge in [0.1, 0.15) is 5.69 Å². The molecule has 0 saturated carbocycles. The number of carbonyl (C=O) groups excluding carboxylic acids is 1. The van der Waals surface area contributed by atoms with Crippen molar-refractivity contribution >= 4 is 17.5 Å². The summed E-state index contributed by atoms with van der Waals surface area (Å²) in [7, 11) is 0. The molecule has 72 valence electrons. The van der Waals surface area contributed by atoms with Gasteiger partial charge in [-0.05, 0) is 6.92 Å². The number of nitrogens with zero attached hydrogens (tertiary/aromatic N) is 1. The van der Waals surface area contributed by atoms with Crippen LogP contribution in [0.4, 0.5) is 0 Å². The number of thioether (sulfide) groups is 1. The van der Waals surface area contributed by atoms with Crippen LogP contribution in [0.1, 0.15) is 16.2 Å². The van der Waals surface area contributed by atoms with Gasteiger partial charge in [-0.25, -0.2) is 4.98 Å². The molecule has 0 fully saturated rings. The molecule has 0 bridgehead atoms. The Morgan fingerprint density at radius 1 is 1.77 bits per heavy atom. The number of H-pyrrole nitrogens is 1. The molecule has 0 aliphatic heterocycles. The molecule has 1 rings (SSSR count). The lowest BCUT2D eigenvalue weighted by molar-refractivity contribution is 0.101. The Balaban J connectivity index is 2.45. The van der Waals surface area contributed by atoms with Crippen LogP contribution in [0.3, 0.4) is 0 Å². The van der Waals surface area contributed by atoms with E-state index in [1.807, 2.05) is 6.92 Å². The molecule has 0 amide bonds. The average molecular weight is 199 g/mol. The summed E-state index contributed by atoms with van der Waals surface area (Å²) in [6.07, 6.45) is 1.54. The normalized spacial score (nSPS) is 10.3. The van der Waals surface area contributed by atoms with Gasteiger partial charge in [0.25, 0.3) is 0 Å². The highest BCUT2D eigenvalue weighted by Crippen LogP contribution is 2.07. The topological polar surface area (TPSA) is 71.8 Å². The molecule has 0 aliphatic rings. The highest BCUT2D eigenvalue weighted by molar-refractivity contribution is 8.00. The second kappa shape index (κ2) is 5.04. The summed E-state index contributed by atoms with van der Waals surface area (Å²) in [6, 6.07) is 0. The van der Waals surface area contributed by atoms with Crippen molar-refractivity contribution in [1.29, 1.82) is 0 Å². The summed E-state index contributed by atoms with van der Waals surface area (Å²) in [5.41, 5.74) is 6.69. The maximum Gasteiger partial charge on any atom is 0.192 e. The first-order valence-corrected chi connectivity index (χ1v) is 5.22. The van der Waals surface area contributed by atoms with Gasteiger partial charge in [-0.1, -0.05) is 0 Å². The number of carbonyl (C=O) groups is 1. The number of nitrogens with two attached hydrogens (primary N) is 1. The quantitative estimate of drug-likeness (QED) is 0.538. The summed E-state index contributed by atoms with van der Waals surface area (Å²) in [5.74, 6) is 1.34. The van der Waals surface area contributed by atoms with E-state index in [1.165, 1.54) is 18.1 Å². The van der Waals surface area contributed by atoms with E-state index >= 15 is 0 Å². The molecule has 1 aromatic heterocycles. The summed E-state index contributed by atoms with van der Waals surface area (Å²) >= 11 is 1.54. The maximum absolute atomic E-state index is 11.5. The number of aryl methyl sites for hydroxylation is 1. The van der Waals surface area contributed by atoms with Gasteiger partial charge in [0.05, 0.1) is 12.1 Å². The Bertz CT molecular complexity index is 285. The van der Waals surface area contributed by atoms with Gasteiger partial charge in [0, 0.05) is 18.0 Å². The molecular weight excluding hydrogens is 186 g/mol. The van der Waals surface area contributed by atoms with Gasteiger partial charge in [-0.3, -0.25) is 4.79 Å². The van der Waals surface area contributed by atoms with Crippen LogP contribution in [0.15, 0.2) is 6.33 Å². The lowest BCUT2D eigenvalue weighted by atomic mass is 10.3. The molecule has 0 radical (unpaired) electrons. The van der Waals surface area contributed by atoms with Gasteiger partial charge in [0.2, 0.25) is 0 Å². The number of imidazole rings is 1. The predicted octanol–water partition coefficient (Wildman–Crippen LogP) is 0.593. The lowest BCUT2D eigenvalue weighted by Gasteiger charge is -1.97. The zero-order valence-corrected chi connectivity index (χ0v) is 8.36. The summed E-state index contributed by atoms with van der Waals surface area (Å²) in [6.45, 7) is 2.45. The third kappa shape index (κ3) is 2.86. The Labute approximate surface area is 81.3 Å². The molecule has 1 heterocycles. The highest BCUT2D eigenvalue weighted by Gasteiger charge is 2.10. The summed E-state index contributed by atoms with van der Waals surface area (Å²) in [5, 5.41) is 0. The first kappa shape index (κ1) is 10.3. The molecular formula is C8H13N3OS. The van der Waals surface area contributed by atoms with Crippen LogP contribution in [0.5, 0.6) is 0 Å². The number of nitrogens with one attached hydrogen (secondary N) is 1. The Morgan fingerprint density at radius 3 is 3.08 bits per heavy atom. The van der Waals surface area contributed by atoms with Crippen molar-refractivity contribution < 1.29 is 4.79 Å². The van der Waals surface area contributed by atoms with E-state index in [-0.39, 0.29) is 5.78 Å². The van der Waals surface area contributed by atoms with E-state index in [0.29, 0.717) is 18.0 Å². The summed E-state index contributed by atoms with van der Waals surface area (Å²) < 4.78 is 0. The van der Waals surface area contributed by atoms with Gasteiger partial charge >= 0.3 is 0 Å². The molecule has 4 nitrogen and oxygen atoms in total. The molecule has 0 aromatic carbocycles. The number of hydrogen-bond acceptors (Lipinski definition) is 4. The van der Waals surface area contributed by atoms with Crippen LogP contribution in [0, 0.1) is 6.92 Å². The van der Waals surface area contributed by atoms with Crippen molar-refractivity contribution in [2.75, 3.05) is 18.1 Å². The average Bonchev–Trinajstić information content (AvgIpc) is 2.52. The molecule has 5 heteroatoms. The number of aromatic amines is 1. The van der Waals surface area contributed by atoms with Gasteiger partial charge in [-0.15, -0.1) is 0 Å². The minimum absolute atomic E-state index is 0.0669. The molecule has 3 N–H and O–H groups in total. The standard InChI is InChI=1S/C8H13N3OS/c1-6-8(11-5-10-6)7(12)4-13-3-2-9/h5H,2-4,9H2,1H3,(H,10,11). The minimum atomic E-state index is 0.0669. The Kier molecular flexibility index (Phi) is 3.98. The van der Waals surface area contributed by atoms with Crippen LogP contribution in [0.25, 0.3) is 0 Å². The summed E-state index contributed by atoms with van der Waals surface area (Å²) in [4.78, 5) is 18.3. The number of ketones is 1. The Hall–Kier alpha value is -0.810. The van der Waals surface area contributed by atoms with Crippen LogP contribution < -0.4 is 5.73 Å². The second-order valence-corrected chi connectivity index (χ2v) is 3.75. The zero-order chi connectivity index (χ0) is 9.68. The first-order valence-electron chi connectivity index (χ1n) is 4.06. The van der Waals surface area contributed by atoms with Crippen LogP contribution in [-0.2, 0) is 0 Å². The number of rotatable bonds is 5. The molecule has 0 unspecified atom stereocenters. The van der Waals surface area contributed by atoms with Crippen molar-refractivity contribution in [2.45, 2.75) is 6.92 Å². The zero-order valence-electron chi connectivity index (χ0n) is 7.54. The van der Waals surface area contributed by atoms with Crippen molar-refractivity contribution in [3.05, 3.63) is 17.7 Å². The van der Waals surface area contributed by atoms with Crippen LogP contribution in [0.2, 0.25) is 0 Å². The first-order chi connectivity index (χ1) is 6.25. The van der Waals surface area contributed by atoms with Crippen molar-refractivity contribution in [1.82, 2.24) is 9.97 Å². The second-order valence-electron chi connectivity index (χ2n) is 2.64. The third-order valence-electron chi connectivity index (χ3n) is 1.59. The fourth-order valence-corrected chi connectivity index (χ4v) is 1.59. The van der Waals surface area contributed by atoms with Gasteiger partial charge < -0.3 is 10.7 Å². The number of aromatic nitrogens is 2. The molecule has 0 atom stereocenters. The van der Waals surface area contributed by atoms with E-state index in [2.05, 4.69) is 9.97 Å². The smallest absolute Gasteiger partial charge is 0.192 e. The Morgan fingerprint density at radius 2 is 2.54 bits per heavy atom. The van der Waals surface area contributed by atoms with Crippen LogP contribution >= 0.6 is 11.8 Å². The van der Waals surface area contributed by atoms with E-state index < -0.39 is 0 Å². The molecule has 0 saturated heterocycles. The largest absolute Gasteiger partial charge is 0.348 e. The van der Waals surface area contributed by atoms with Gasteiger partial charge in [0.15, 0.2) is 5.78 Å². The van der Waals surface area contributed by atoms with Crippen molar-refractivity contribution in [2.24, 2.45) is 5.73 Å². The third-order valence-corrected chi connectivity index (χ3v) is 2.58. The lowest BCUT2D eigenvalue weighted by Crippen LogP contribution is -2.08. The van der Waals surface area contributed by atoms with Crippen LogP contribution in [-0.4, -0.2) is 33.8 Å². The SMILES string of the molecule is Cc1[nH]cnc1C(=O)CSCCN. The van der Waals surface area contributed by atoms with E-state index in [1.54, 1.807) is 0 Å². The van der Waals surface area contributed by atoms with Crippen molar-refractivity contribution in [3.63, 3.8) is 0 Å².